The predicted octanol–water partition coefficient (Wildman–Crippen LogP) is 0.711. The fourth-order valence-electron chi connectivity index (χ4n) is 0.668. The van der Waals surface area contributed by atoms with Crippen molar-refractivity contribution >= 4 is 23.8 Å². The molecule has 0 spiro atoms. The minimum Gasteiger partial charge on any atom is -0.397 e. The fourth-order valence-corrected chi connectivity index (χ4v) is 0.668. The van der Waals surface area contributed by atoms with Gasteiger partial charge in [-0.05, 0) is 6.07 Å². The zero-order valence-electron chi connectivity index (χ0n) is 6.36. The highest BCUT2D eigenvalue weighted by atomic mass is 15.3. The number of rotatable bonds is 3. The van der Waals surface area contributed by atoms with E-state index in [1.165, 1.54) is 6.21 Å². The molecule has 5 heteroatoms. The van der Waals surface area contributed by atoms with E-state index in [-0.39, 0.29) is 0 Å². The Hall–Kier alpha value is -1.91. The summed E-state index contributed by atoms with van der Waals surface area (Å²) in [5.74, 6) is 0. The molecule has 0 unspecified atom stereocenters. The van der Waals surface area contributed by atoms with Gasteiger partial charge in [0.15, 0.2) is 0 Å². The van der Waals surface area contributed by atoms with Crippen LogP contribution in [0.5, 0.6) is 0 Å². The van der Waals surface area contributed by atoms with Gasteiger partial charge in [0.25, 0.3) is 0 Å². The van der Waals surface area contributed by atoms with Crippen LogP contribution in [0.3, 0.4) is 0 Å². The third-order valence-electron chi connectivity index (χ3n) is 1.10. The molecular weight excluding hydrogens is 154 g/mol. The first-order chi connectivity index (χ1) is 5.83. The minimum atomic E-state index is 0.574. The molecule has 0 aliphatic rings. The standard InChI is InChI=1S/C7H9N5/c8-1-2-11-12-7-3-6(9)4-10-5-7/h1-5,8,12H,9H2/b8-1?,11-2-. The summed E-state index contributed by atoms with van der Waals surface area (Å²) < 4.78 is 0. The number of aromatic nitrogens is 1. The molecule has 0 aromatic carbocycles. The van der Waals surface area contributed by atoms with Gasteiger partial charge in [-0.15, -0.1) is 0 Å². The summed E-state index contributed by atoms with van der Waals surface area (Å²) in [7, 11) is 0. The molecule has 0 amide bonds. The Morgan fingerprint density at radius 3 is 3.08 bits per heavy atom. The Balaban J connectivity index is 2.63. The number of anilines is 2. The Kier molecular flexibility index (Phi) is 2.78. The minimum absolute atomic E-state index is 0.574. The Morgan fingerprint density at radius 1 is 1.58 bits per heavy atom. The third kappa shape index (κ3) is 2.37. The van der Waals surface area contributed by atoms with E-state index in [0.717, 1.165) is 6.21 Å². The van der Waals surface area contributed by atoms with E-state index in [0.29, 0.717) is 11.4 Å². The molecule has 0 radical (unpaired) electrons. The van der Waals surface area contributed by atoms with Crippen LogP contribution in [0, 0.1) is 5.41 Å². The zero-order chi connectivity index (χ0) is 8.81. The summed E-state index contributed by atoms with van der Waals surface area (Å²) in [5, 5.41) is 10.3. The summed E-state index contributed by atoms with van der Waals surface area (Å²) in [5.41, 5.74) is 9.40. The topological polar surface area (TPSA) is 87.2 Å². The van der Waals surface area contributed by atoms with Gasteiger partial charge in [0, 0.05) is 12.4 Å². The molecule has 1 aromatic rings. The maximum Gasteiger partial charge on any atom is 0.0765 e. The van der Waals surface area contributed by atoms with Gasteiger partial charge in [-0.1, -0.05) is 0 Å². The SMILES string of the molecule is N=C/C=N\Nc1cncc(N)c1. The second kappa shape index (κ2) is 4.07. The van der Waals surface area contributed by atoms with Crippen LogP contribution in [0.15, 0.2) is 23.6 Å². The summed E-state index contributed by atoms with van der Waals surface area (Å²) >= 11 is 0. The van der Waals surface area contributed by atoms with Gasteiger partial charge in [0.05, 0.1) is 23.8 Å². The van der Waals surface area contributed by atoms with Crippen molar-refractivity contribution in [1.29, 1.82) is 5.41 Å². The predicted molar refractivity (Wildman–Crippen MR) is 49.5 cm³/mol. The molecule has 1 heterocycles. The smallest absolute Gasteiger partial charge is 0.0765 e. The maximum absolute atomic E-state index is 6.66. The molecule has 4 N–H and O–H groups in total. The number of nitrogens with zero attached hydrogens (tertiary/aromatic N) is 2. The van der Waals surface area contributed by atoms with Crippen LogP contribution < -0.4 is 11.2 Å². The van der Waals surface area contributed by atoms with Crippen molar-refractivity contribution in [3.63, 3.8) is 0 Å². The number of hydrazone groups is 1. The molecule has 62 valence electrons. The van der Waals surface area contributed by atoms with Crippen LogP contribution in [0.1, 0.15) is 0 Å². The molecule has 0 bridgehead atoms. The molecule has 0 fully saturated rings. The third-order valence-corrected chi connectivity index (χ3v) is 1.10. The molecule has 0 aliphatic heterocycles. The largest absolute Gasteiger partial charge is 0.397 e. The van der Waals surface area contributed by atoms with E-state index < -0.39 is 0 Å². The number of nitrogens with one attached hydrogen (secondary N) is 2. The van der Waals surface area contributed by atoms with Crippen molar-refractivity contribution in [2.75, 3.05) is 11.2 Å². The highest BCUT2D eigenvalue weighted by Crippen LogP contribution is 2.08. The van der Waals surface area contributed by atoms with E-state index in [1.807, 2.05) is 0 Å². The van der Waals surface area contributed by atoms with E-state index in [4.69, 9.17) is 11.1 Å². The summed E-state index contributed by atoms with van der Waals surface area (Å²) in [4.78, 5) is 3.84. The van der Waals surface area contributed by atoms with Gasteiger partial charge in [0.2, 0.25) is 0 Å². The summed E-state index contributed by atoms with van der Waals surface area (Å²) in [6, 6.07) is 1.70. The lowest BCUT2D eigenvalue weighted by atomic mass is 10.4. The second-order valence-electron chi connectivity index (χ2n) is 2.06. The highest BCUT2D eigenvalue weighted by molar-refractivity contribution is 6.14. The quantitative estimate of drug-likeness (QED) is 0.453. The average Bonchev–Trinajstić information content (AvgIpc) is 2.05. The zero-order valence-corrected chi connectivity index (χ0v) is 6.36. The first-order valence-electron chi connectivity index (χ1n) is 3.31. The molecule has 0 aliphatic carbocycles. The van der Waals surface area contributed by atoms with Crippen molar-refractivity contribution in [2.45, 2.75) is 0 Å². The van der Waals surface area contributed by atoms with Gasteiger partial charge < -0.3 is 11.1 Å². The number of pyridine rings is 1. The monoisotopic (exact) mass is 163 g/mol. The van der Waals surface area contributed by atoms with Crippen molar-refractivity contribution in [3.05, 3.63) is 18.5 Å². The van der Waals surface area contributed by atoms with Crippen LogP contribution in [-0.2, 0) is 0 Å². The van der Waals surface area contributed by atoms with Crippen molar-refractivity contribution in [3.8, 4) is 0 Å². The summed E-state index contributed by atoms with van der Waals surface area (Å²) in [6.07, 6.45) is 5.54. The molecular formula is C7H9N5. The Bertz CT molecular complexity index is 294. The number of nitrogen functional groups attached to an aromatic ring is 1. The van der Waals surface area contributed by atoms with Crippen LogP contribution in [-0.4, -0.2) is 17.4 Å². The van der Waals surface area contributed by atoms with E-state index in [2.05, 4.69) is 15.5 Å². The first-order valence-corrected chi connectivity index (χ1v) is 3.31. The van der Waals surface area contributed by atoms with Gasteiger partial charge in [-0.3, -0.25) is 10.4 Å². The van der Waals surface area contributed by atoms with E-state index in [9.17, 15) is 0 Å². The van der Waals surface area contributed by atoms with Gasteiger partial charge in [0.1, 0.15) is 0 Å². The van der Waals surface area contributed by atoms with Crippen LogP contribution in [0.2, 0.25) is 0 Å². The van der Waals surface area contributed by atoms with Gasteiger partial charge in [-0.2, -0.15) is 5.10 Å². The van der Waals surface area contributed by atoms with E-state index >= 15 is 0 Å². The lowest BCUT2D eigenvalue weighted by Gasteiger charge is -1.98. The Labute approximate surface area is 69.8 Å². The molecule has 1 rings (SSSR count). The number of hydrogen-bond donors (Lipinski definition) is 3. The van der Waals surface area contributed by atoms with Crippen LogP contribution >= 0.6 is 0 Å². The lowest BCUT2D eigenvalue weighted by molar-refractivity contribution is 1.28. The number of hydrogen-bond acceptors (Lipinski definition) is 5. The second-order valence-corrected chi connectivity index (χ2v) is 2.06. The molecule has 0 atom stereocenters. The van der Waals surface area contributed by atoms with Crippen LogP contribution in [0.25, 0.3) is 0 Å². The normalized spacial score (nSPS) is 10.0. The molecule has 12 heavy (non-hydrogen) atoms. The maximum atomic E-state index is 6.66. The molecule has 1 aromatic heterocycles. The Morgan fingerprint density at radius 2 is 2.42 bits per heavy atom. The number of nitrogens with two attached hydrogens (primary N) is 1. The average molecular weight is 163 g/mol. The van der Waals surface area contributed by atoms with Crippen LogP contribution in [0.4, 0.5) is 11.4 Å². The highest BCUT2D eigenvalue weighted by Gasteiger charge is 1.89. The van der Waals surface area contributed by atoms with Gasteiger partial charge in [-0.25, -0.2) is 0 Å². The van der Waals surface area contributed by atoms with E-state index in [1.54, 1.807) is 18.5 Å². The first kappa shape index (κ1) is 8.19. The van der Waals surface area contributed by atoms with Crippen molar-refractivity contribution in [2.24, 2.45) is 5.10 Å². The summed E-state index contributed by atoms with van der Waals surface area (Å²) in [6.45, 7) is 0. The fraction of sp³-hybridized carbons (Fsp3) is 0. The molecule has 5 nitrogen and oxygen atoms in total. The van der Waals surface area contributed by atoms with Crippen molar-refractivity contribution in [1.82, 2.24) is 4.98 Å². The van der Waals surface area contributed by atoms with Gasteiger partial charge >= 0.3 is 0 Å². The molecule has 0 saturated carbocycles. The van der Waals surface area contributed by atoms with Crippen molar-refractivity contribution < 1.29 is 0 Å². The molecule has 0 saturated heterocycles. The lowest BCUT2D eigenvalue weighted by Crippen LogP contribution is -1.92.